The molecule has 0 bridgehead atoms. The lowest BCUT2D eigenvalue weighted by Crippen LogP contribution is -1.88. The molecule has 0 aliphatic heterocycles. The molecule has 0 spiro atoms. The number of hydrogen-bond acceptors (Lipinski definition) is 1. The van der Waals surface area contributed by atoms with Gasteiger partial charge in [-0.05, 0) is 42.9 Å². The molecule has 0 saturated carbocycles. The minimum atomic E-state index is 0.450. The van der Waals surface area contributed by atoms with Gasteiger partial charge in [-0.3, -0.25) is 0 Å². The second kappa shape index (κ2) is 10.9. The molecule has 0 radical (unpaired) electrons. The van der Waals surface area contributed by atoms with Gasteiger partial charge < -0.3 is 5.11 Å². The molecule has 0 fully saturated rings. The van der Waals surface area contributed by atoms with Gasteiger partial charge >= 0.3 is 0 Å². The van der Waals surface area contributed by atoms with Crippen LogP contribution in [0.4, 0.5) is 0 Å². The SMILES string of the molecule is Oc1ccccc1CCCCCCCCCCc1ccccc1. The molecule has 0 aliphatic carbocycles. The average Bonchev–Trinajstić information content (AvgIpc) is 2.59. The van der Waals surface area contributed by atoms with Crippen LogP contribution in [-0.2, 0) is 12.8 Å². The Morgan fingerprint density at radius 3 is 1.70 bits per heavy atom. The summed E-state index contributed by atoms with van der Waals surface area (Å²) in [5.74, 6) is 0.450. The fraction of sp³-hybridized carbons (Fsp3) is 0.455. The van der Waals surface area contributed by atoms with E-state index in [1.807, 2.05) is 18.2 Å². The number of aromatic hydroxyl groups is 1. The molecule has 0 aromatic heterocycles. The summed E-state index contributed by atoms with van der Waals surface area (Å²) in [6, 6.07) is 18.5. The van der Waals surface area contributed by atoms with Crippen LogP contribution < -0.4 is 0 Å². The summed E-state index contributed by atoms with van der Waals surface area (Å²) in [6.07, 6.45) is 12.8. The maximum atomic E-state index is 9.72. The first kappa shape index (κ1) is 17.6. The van der Waals surface area contributed by atoms with Crippen molar-refractivity contribution in [3.05, 3.63) is 65.7 Å². The Kier molecular flexibility index (Phi) is 8.32. The van der Waals surface area contributed by atoms with Gasteiger partial charge in [-0.25, -0.2) is 0 Å². The van der Waals surface area contributed by atoms with E-state index in [9.17, 15) is 5.11 Å². The fourth-order valence-corrected chi connectivity index (χ4v) is 3.07. The van der Waals surface area contributed by atoms with E-state index in [0.717, 1.165) is 12.0 Å². The number of unbranched alkanes of at least 4 members (excludes halogenated alkanes) is 7. The molecular weight excluding hydrogens is 280 g/mol. The minimum Gasteiger partial charge on any atom is -0.508 e. The quantitative estimate of drug-likeness (QED) is 0.483. The molecule has 1 heteroatoms. The normalized spacial score (nSPS) is 10.8. The lowest BCUT2D eigenvalue weighted by molar-refractivity contribution is 0.466. The highest BCUT2D eigenvalue weighted by Crippen LogP contribution is 2.19. The number of phenols is 1. The van der Waals surface area contributed by atoms with Crippen LogP contribution in [0.3, 0.4) is 0 Å². The smallest absolute Gasteiger partial charge is 0.118 e. The zero-order chi connectivity index (χ0) is 16.2. The highest BCUT2D eigenvalue weighted by Gasteiger charge is 1.99. The Morgan fingerprint density at radius 2 is 1.04 bits per heavy atom. The van der Waals surface area contributed by atoms with E-state index in [1.165, 1.54) is 63.4 Å². The molecule has 0 atom stereocenters. The highest BCUT2D eigenvalue weighted by molar-refractivity contribution is 5.31. The highest BCUT2D eigenvalue weighted by atomic mass is 16.3. The summed E-state index contributed by atoms with van der Waals surface area (Å²) >= 11 is 0. The van der Waals surface area contributed by atoms with Gasteiger partial charge in [-0.15, -0.1) is 0 Å². The van der Waals surface area contributed by atoms with Gasteiger partial charge in [0, 0.05) is 0 Å². The van der Waals surface area contributed by atoms with E-state index in [0.29, 0.717) is 5.75 Å². The lowest BCUT2D eigenvalue weighted by Gasteiger charge is -2.05. The monoisotopic (exact) mass is 310 g/mol. The van der Waals surface area contributed by atoms with Crippen LogP contribution in [0.1, 0.15) is 62.5 Å². The number of aryl methyl sites for hydroxylation is 2. The molecule has 1 nitrogen and oxygen atoms in total. The van der Waals surface area contributed by atoms with Gasteiger partial charge in [0.1, 0.15) is 5.75 Å². The van der Waals surface area contributed by atoms with E-state index in [2.05, 4.69) is 30.3 Å². The molecule has 23 heavy (non-hydrogen) atoms. The zero-order valence-electron chi connectivity index (χ0n) is 14.2. The van der Waals surface area contributed by atoms with E-state index in [4.69, 9.17) is 0 Å². The fourth-order valence-electron chi connectivity index (χ4n) is 3.07. The van der Waals surface area contributed by atoms with Crippen molar-refractivity contribution >= 4 is 0 Å². The first-order chi connectivity index (χ1) is 11.4. The molecule has 0 unspecified atom stereocenters. The van der Waals surface area contributed by atoms with Crippen LogP contribution in [0.15, 0.2) is 54.6 Å². The van der Waals surface area contributed by atoms with Crippen molar-refractivity contribution in [1.82, 2.24) is 0 Å². The minimum absolute atomic E-state index is 0.450. The molecule has 0 heterocycles. The van der Waals surface area contributed by atoms with Gasteiger partial charge in [-0.2, -0.15) is 0 Å². The van der Waals surface area contributed by atoms with Crippen molar-refractivity contribution in [3.63, 3.8) is 0 Å². The Labute approximate surface area is 141 Å². The summed E-state index contributed by atoms with van der Waals surface area (Å²) in [4.78, 5) is 0. The molecule has 0 amide bonds. The van der Waals surface area contributed by atoms with Gasteiger partial charge in [0.25, 0.3) is 0 Å². The maximum Gasteiger partial charge on any atom is 0.118 e. The molecule has 2 aromatic carbocycles. The van der Waals surface area contributed by atoms with Crippen LogP contribution in [0, 0.1) is 0 Å². The van der Waals surface area contributed by atoms with Crippen molar-refractivity contribution in [2.75, 3.05) is 0 Å². The first-order valence-corrected chi connectivity index (χ1v) is 9.17. The second-order valence-corrected chi connectivity index (χ2v) is 6.44. The van der Waals surface area contributed by atoms with Crippen LogP contribution >= 0.6 is 0 Å². The number of hydrogen-bond donors (Lipinski definition) is 1. The van der Waals surface area contributed by atoms with E-state index in [1.54, 1.807) is 6.07 Å². The predicted molar refractivity (Wildman–Crippen MR) is 98.9 cm³/mol. The summed E-state index contributed by atoms with van der Waals surface area (Å²) < 4.78 is 0. The Morgan fingerprint density at radius 1 is 0.522 bits per heavy atom. The third-order valence-electron chi connectivity index (χ3n) is 4.50. The van der Waals surface area contributed by atoms with E-state index in [-0.39, 0.29) is 0 Å². The molecule has 124 valence electrons. The number of para-hydroxylation sites is 1. The topological polar surface area (TPSA) is 20.2 Å². The summed E-state index contributed by atoms with van der Waals surface area (Å²) in [5, 5.41) is 9.72. The molecule has 2 rings (SSSR count). The summed E-state index contributed by atoms with van der Waals surface area (Å²) in [6.45, 7) is 0. The van der Waals surface area contributed by atoms with Gasteiger partial charge in [-0.1, -0.05) is 87.1 Å². The van der Waals surface area contributed by atoms with Gasteiger partial charge in [0.15, 0.2) is 0 Å². The average molecular weight is 310 g/mol. The number of phenolic OH excluding ortho intramolecular Hbond substituents is 1. The van der Waals surface area contributed by atoms with Crippen LogP contribution in [-0.4, -0.2) is 5.11 Å². The Balaban J connectivity index is 1.40. The van der Waals surface area contributed by atoms with Crippen molar-refractivity contribution < 1.29 is 5.11 Å². The van der Waals surface area contributed by atoms with Gasteiger partial charge in [0.05, 0.1) is 0 Å². The van der Waals surface area contributed by atoms with E-state index >= 15 is 0 Å². The predicted octanol–water partition coefficient (Wildman–Crippen LogP) is 6.30. The molecule has 0 saturated heterocycles. The second-order valence-electron chi connectivity index (χ2n) is 6.44. The molecule has 2 aromatic rings. The number of rotatable bonds is 11. The van der Waals surface area contributed by atoms with Crippen molar-refractivity contribution in [2.45, 2.75) is 64.2 Å². The molecule has 0 aliphatic rings. The van der Waals surface area contributed by atoms with Crippen LogP contribution in [0.2, 0.25) is 0 Å². The molecular formula is C22H30O. The lowest BCUT2D eigenvalue weighted by atomic mass is 10.0. The number of benzene rings is 2. The standard InChI is InChI=1S/C22H30O/c23-22-19-13-12-18-21(22)17-11-6-4-2-1-3-5-8-14-20-15-9-7-10-16-20/h7,9-10,12-13,15-16,18-19,23H,1-6,8,11,14,17H2. The van der Waals surface area contributed by atoms with Crippen molar-refractivity contribution in [3.8, 4) is 5.75 Å². The van der Waals surface area contributed by atoms with Crippen molar-refractivity contribution in [2.24, 2.45) is 0 Å². The van der Waals surface area contributed by atoms with Crippen LogP contribution in [0.25, 0.3) is 0 Å². The third-order valence-corrected chi connectivity index (χ3v) is 4.50. The Bertz CT molecular complexity index is 533. The Hall–Kier alpha value is -1.76. The van der Waals surface area contributed by atoms with E-state index < -0.39 is 0 Å². The summed E-state index contributed by atoms with van der Waals surface area (Å²) in [7, 11) is 0. The maximum absolute atomic E-state index is 9.72. The third kappa shape index (κ3) is 7.36. The largest absolute Gasteiger partial charge is 0.508 e. The first-order valence-electron chi connectivity index (χ1n) is 9.17. The van der Waals surface area contributed by atoms with Gasteiger partial charge in [0.2, 0.25) is 0 Å². The zero-order valence-corrected chi connectivity index (χ0v) is 14.2. The molecule has 1 N–H and O–H groups in total. The summed E-state index contributed by atoms with van der Waals surface area (Å²) in [5.41, 5.74) is 2.56. The van der Waals surface area contributed by atoms with Crippen molar-refractivity contribution in [1.29, 1.82) is 0 Å². The van der Waals surface area contributed by atoms with Crippen LogP contribution in [0.5, 0.6) is 5.75 Å².